The number of hydrogen-bond donors (Lipinski definition) is 1. The van der Waals surface area contributed by atoms with Gasteiger partial charge in [-0.25, -0.2) is 0 Å². The van der Waals surface area contributed by atoms with Crippen molar-refractivity contribution in [3.8, 4) is 28.8 Å². The molecule has 0 saturated carbocycles. The van der Waals surface area contributed by atoms with Crippen molar-refractivity contribution in [3.63, 3.8) is 0 Å². The Morgan fingerprint density at radius 1 is 1.03 bits per heavy atom. The van der Waals surface area contributed by atoms with Gasteiger partial charge in [0.2, 0.25) is 5.88 Å². The smallest absolute Gasteiger partial charge is 0.258 e. The molecule has 1 N–H and O–H groups in total. The molecule has 0 saturated heterocycles. The number of rotatable bonds is 9. The third-order valence-electron chi connectivity index (χ3n) is 4.94. The Morgan fingerprint density at radius 3 is 2.76 bits per heavy atom. The molecule has 2 aromatic carbocycles. The summed E-state index contributed by atoms with van der Waals surface area (Å²) >= 11 is 0. The number of carbonyl (C=O) groups excluding carboxylic acids is 1. The number of benzene rings is 2. The van der Waals surface area contributed by atoms with Crippen LogP contribution in [0.3, 0.4) is 0 Å². The maximum Gasteiger partial charge on any atom is 0.258 e. The number of aryl methyl sites for hydroxylation is 2. The number of fused-ring (bicyclic) bond motifs is 1. The summed E-state index contributed by atoms with van der Waals surface area (Å²) < 4.78 is 18.2. The highest BCUT2D eigenvalue weighted by Crippen LogP contribution is 2.23. The lowest BCUT2D eigenvalue weighted by Crippen LogP contribution is -2.32. The predicted molar refractivity (Wildman–Crippen MR) is 123 cm³/mol. The van der Waals surface area contributed by atoms with Gasteiger partial charge in [-0.2, -0.15) is 4.52 Å². The summed E-state index contributed by atoms with van der Waals surface area (Å²) in [5.41, 5.74) is 3.48. The van der Waals surface area contributed by atoms with E-state index < -0.39 is 0 Å². The molecule has 9 nitrogen and oxygen atoms in total. The number of ether oxygens (including phenoxy) is 3. The summed E-state index contributed by atoms with van der Waals surface area (Å²) in [5, 5.41) is 15.6. The molecule has 170 valence electrons. The fourth-order valence-corrected chi connectivity index (χ4v) is 3.19. The molecule has 1 amide bonds. The molecule has 0 bridgehead atoms. The van der Waals surface area contributed by atoms with Crippen LogP contribution < -0.4 is 19.5 Å². The van der Waals surface area contributed by atoms with E-state index in [1.54, 1.807) is 23.8 Å². The van der Waals surface area contributed by atoms with Crippen molar-refractivity contribution in [2.75, 3.05) is 26.9 Å². The van der Waals surface area contributed by atoms with E-state index in [2.05, 4.69) is 20.6 Å². The van der Waals surface area contributed by atoms with Crippen LogP contribution >= 0.6 is 0 Å². The first kappa shape index (κ1) is 22.1. The van der Waals surface area contributed by atoms with E-state index >= 15 is 0 Å². The SMILES string of the molecule is COc1cccc(-c2nnc3ccc(OCCNC(=O)COc4cc(C)ccc4C)nn23)c1. The number of nitrogens with one attached hydrogen (secondary N) is 1. The van der Waals surface area contributed by atoms with Crippen molar-refractivity contribution in [3.05, 3.63) is 65.7 Å². The molecule has 0 aliphatic rings. The van der Waals surface area contributed by atoms with Gasteiger partial charge >= 0.3 is 0 Å². The molecule has 0 aliphatic heterocycles. The maximum absolute atomic E-state index is 12.1. The van der Waals surface area contributed by atoms with E-state index in [0.717, 1.165) is 16.7 Å². The average Bonchev–Trinajstić information content (AvgIpc) is 3.26. The molecule has 2 heterocycles. The molecular weight excluding hydrogens is 422 g/mol. The molecule has 0 spiro atoms. The van der Waals surface area contributed by atoms with Gasteiger partial charge in [0.05, 0.1) is 13.7 Å². The zero-order valence-corrected chi connectivity index (χ0v) is 18.7. The average molecular weight is 447 g/mol. The number of hydrogen-bond acceptors (Lipinski definition) is 7. The summed E-state index contributed by atoms with van der Waals surface area (Å²) in [6, 6.07) is 16.9. The number of amides is 1. The summed E-state index contributed by atoms with van der Waals surface area (Å²) in [5.74, 6) is 2.18. The molecule has 2 aromatic heterocycles. The Bertz CT molecular complexity index is 1270. The number of methoxy groups -OCH3 is 1. The first-order chi connectivity index (χ1) is 16.0. The molecule has 0 unspecified atom stereocenters. The first-order valence-corrected chi connectivity index (χ1v) is 10.5. The van der Waals surface area contributed by atoms with Gasteiger partial charge < -0.3 is 19.5 Å². The van der Waals surface area contributed by atoms with Crippen LogP contribution in [0.4, 0.5) is 0 Å². The molecular formula is C24H25N5O4. The minimum atomic E-state index is -0.220. The van der Waals surface area contributed by atoms with Crippen LogP contribution in [-0.4, -0.2) is 52.6 Å². The van der Waals surface area contributed by atoms with Crippen molar-refractivity contribution < 1.29 is 19.0 Å². The Hall–Kier alpha value is -4.14. The highest BCUT2D eigenvalue weighted by molar-refractivity contribution is 5.77. The predicted octanol–water partition coefficient (Wildman–Crippen LogP) is 2.99. The molecule has 4 aromatic rings. The van der Waals surface area contributed by atoms with Crippen LogP contribution in [0, 0.1) is 13.8 Å². The van der Waals surface area contributed by atoms with E-state index in [1.165, 1.54) is 0 Å². The lowest BCUT2D eigenvalue weighted by molar-refractivity contribution is -0.123. The Morgan fingerprint density at radius 2 is 1.91 bits per heavy atom. The third kappa shape index (κ3) is 5.38. The molecule has 0 radical (unpaired) electrons. The van der Waals surface area contributed by atoms with Crippen LogP contribution in [0.2, 0.25) is 0 Å². The van der Waals surface area contributed by atoms with E-state index in [1.807, 2.05) is 56.3 Å². The third-order valence-corrected chi connectivity index (χ3v) is 4.94. The second kappa shape index (κ2) is 9.99. The summed E-state index contributed by atoms with van der Waals surface area (Å²) in [6.07, 6.45) is 0. The molecule has 4 rings (SSSR count). The maximum atomic E-state index is 12.1. The second-order valence-electron chi connectivity index (χ2n) is 7.45. The van der Waals surface area contributed by atoms with E-state index in [9.17, 15) is 4.79 Å². The molecule has 0 atom stereocenters. The summed E-state index contributed by atoms with van der Waals surface area (Å²) in [7, 11) is 1.61. The Kier molecular flexibility index (Phi) is 6.68. The van der Waals surface area contributed by atoms with E-state index in [0.29, 0.717) is 35.4 Å². The molecule has 9 heteroatoms. The lowest BCUT2D eigenvalue weighted by atomic mass is 10.1. The highest BCUT2D eigenvalue weighted by atomic mass is 16.5. The topological polar surface area (TPSA) is 99.9 Å². The van der Waals surface area contributed by atoms with Crippen LogP contribution in [0.1, 0.15) is 11.1 Å². The quantitative estimate of drug-likeness (QED) is 0.394. The molecule has 0 aliphatic carbocycles. The first-order valence-electron chi connectivity index (χ1n) is 10.5. The fourth-order valence-electron chi connectivity index (χ4n) is 3.19. The zero-order valence-electron chi connectivity index (χ0n) is 18.7. The van der Waals surface area contributed by atoms with E-state index in [-0.39, 0.29) is 19.1 Å². The van der Waals surface area contributed by atoms with E-state index in [4.69, 9.17) is 14.2 Å². The second-order valence-corrected chi connectivity index (χ2v) is 7.45. The monoisotopic (exact) mass is 447 g/mol. The standard InChI is InChI=1S/C24H25N5O4/c1-16-7-8-17(2)20(13-16)33-15-22(30)25-11-12-32-23-10-9-21-26-27-24(29(21)28-23)18-5-4-6-19(14-18)31-3/h4-10,13-14H,11-12,15H2,1-3H3,(H,25,30). The van der Waals surface area contributed by atoms with Crippen LogP contribution in [0.25, 0.3) is 17.0 Å². The van der Waals surface area contributed by atoms with Gasteiger partial charge in [-0.05, 0) is 49.2 Å². The van der Waals surface area contributed by atoms with Crippen LogP contribution in [0.5, 0.6) is 17.4 Å². The largest absolute Gasteiger partial charge is 0.497 e. The molecule has 0 fully saturated rings. The van der Waals surface area contributed by atoms with Gasteiger partial charge in [0.25, 0.3) is 5.91 Å². The fraction of sp³-hybridized carbons (Fsp3) is 0.250. The highest BCUT2D eigenvalue weighted by Gasteiger charge is 2.11. The number of carbonyl (C=O) groups is 1. The van der Waals surface area contributed by atoms with Crippen molar-refractivity contribution in [1.29, 1.82) is 0 Å². The Balaban J connectivity index is 1.31. The number of aromatic nitrogens is 4. The summed E-state index contributed by atoms with van der Waals surface area (Å²) in [6.45, 7) is 4.44. The van der Waals surface area contributed by atoms with Gasteiger partial charge in [-0.3, -0.25) is 4.79 Å². The van der Waals surface area contributed by atoms with Gasteiger partial charge in [0.15, 0.2) is 18.1 Å². The molecule has 33 heavy (non-hydrogen) atoms. The van der Waals surface area contributed by atoms with Crippen molar-refractivity contribution in [1.82, 2.24) is 25.1 Å². The van der Waals surface area contributed by atoms with Crippen LogP contribution in [-0.2, 0) is 4.79 Å². The summed E-state index contributed by atoms with van der Waals surface area (Å²) in [4.78, 5) is 12.1. The van der Waals surface area contributed by atoms with Gasteiger partial charge in [0.1, 0.15) is 18.1 Å². The van der Waals surface area contributed by atoms with Crippen molar-refractivity contribution in [2.24, 2.45) is 0 Å². The Labute approximate surface area is 191 Å². The van der Waals surface area contributed by atoms with Gasteiger partial charge in [-0.15, -0.1) is 15.3 Å². The van der Waals surface area contributed by atoms with Crippen molar-refractivity contribution >= 4 is 11.6 Å². The van der Waals surface area contributed by atoms with Gasteiger partial charge in [0, 0.05) is 11.6 Å². The van der Waals surface area contributed by atoms with Crippen LogP contribution in [0.15, 0.2) is 54.6 Å². The minimum absolute atomic E-state index is 0.0564. The normalized spacial score (nSPS) is 10.8. The van der Waals surface area contributed by atoms with Crippen molar-refractivity contribution in [2.45, 2.75) is 13.8 Å². The minimum Gasteiger partial charge on any atom is -0.497 e. The van der Waals surface area contributed by atoms with Gasteiger partial charge in [-0.1, -0.05) is 24.3 Å². The lowest BCUT2D eigenvalue weighted by Gasteiger charge is -2.11. The number of nitrogens with zero attached hydrogens (tertiary/aromatic N) is 4. The zero-order chi connectivity index (χ0) is 23.2.